The molecule has 6 atom stereocenters. The third-order valence-corrected chi connectivity index (χ3v) is 3.24. The first-order chi connectivity index (χ1) is 8.88. The predicted octanol–water partition coefficient (Wildman–Crippen LogP) is -0.881. The molecule has 1 heterocycles. The first-order valence-corrected chi connectivity index (χ1v) is 6.36. The van der Waals surface area contributed by atoms with E-state index < -0.39 is 43.2 Å². The molecule has 0 aromatic heterocycles. The van der Waals surface area contributed by atoms with Gasteiger partial charge in [0.15, 0.2) is 5.79 Å². The molecule has 0 bridgehead atoms. The predicted molar refractivity (Wildman–Crippen MR) is 63.7 cm³/mol. The second-order valence-electron chi connectivity index (χ2n) is 4.72. The average Bonchev–Trinajstić information content (AvgIpc) is 2.40. The van der Waals surface area contributed by atoms with Crippen molar-refractivity contribution in [3.63, 3.8) is 0 Å². The number of ether oxygens (including phenoxy) is 1. The summed E-state index contributed by atoms with van der Waals surface area (Å²) in [5, 5.41) is 48.4. The SMILES string of the molecule is [2H]C(CCCCC)C1(O)O[C@H](CO)[C@H](O)[C@H](O)[C@H]1O. The van der Waals surface area contributed by atoms with Crippen molar-refractivity contribution < 1.29 is 31.6 Å². The van der Waals surface area contributed by atoms with Gasteiger partial charge in [0, 0.05) is 7.77 Å². The van der Waals surface area contributed by atoms with Gasteiger partial charge in [0.1, 0.15) is 24.4 Å². The summed E-state index contributed by atoms with van der Waals surface area (Å²) in [5.74, 6) is -2.28. The maximum Gasteiger partial charge on any atom is 0.195 e. The van der Waals surface area contributed by atoms with Crippen LogP contribution in [0.2, 0.25) is 0 Å². The Kier molecular flexibility index (Phi) is 5.35. The number of aliphatic hydroxyl groups excluding tert-OH is 4. The maximum atomic E-state index is 10.3. The lowest BCUT2D eigenvalue weighted by molar-refractivity contribution is -0.351. The van der Waals surface area contributed by atoms with Crippen LogP contribution in [-0.2, 0) is 4.74 Å². The molecule has 1 aliphatic rings. The van der Waals surface area contributed by atoms with E-state index in [4.69, 9.17) is 11.2 Å². The lowest BCUT2D eigenvalue weighted by Gasteiger charge is -2.45. The van der Waals surface area contributed by atoms with Crippen LogP contribution in [-0.4, -0.2) is 62.3 Å². The summed E-state index contributed by atoms with van der Waals surface area (Å²) in [6, 6.07) is 0. The molecule has 18 heavy (non-hydrogen) atoms. The Hall–Kier alpha value is -0.240. The molecule has 0 aliphatic carbocycles. The van der Waals surface area contributed by atoms with Crippen LogP contribution >= 0.6 is 0 Å². The fourth-order valence-electron chi connectivity index (χ4n) is 2.05. The van der Waals surface area contributed by atoms with Crippen molar-refractivity contribution in [2.75, 3.05) is 6.61 Å². The van der Waals surface area contributed by atoms with Crippen molar-refractivity contribution in [1.82, 2.24) is 0 Å². The number of hydrogen-bond donors (Lipinski definition) is 5. The van der Waals surface area contributed by atoms with Crippen LogP contribution in [0, 0.1) is 0 Å². The van der Waals surface area contributed by atoms with Crippen LogP contribution in [0.25, 0.3) is 0 Å². The molecule has 1 rings (SSSR count). The smallest absolute Gasteiger partial charge is 0.195 e. The van der Waals surface area contributed by atoms with Gasteiger partial charge in [-0.15, -0.1) is 0 Å². The zero-order valence-corrected chi connectivity index (χ0v) is 10.6. The van der Waals surface area contributed by atoms with Crippen molar-refractivity contribution in [2.45, 2.75) is 69.2 Å². The van der Waals surface area contributed by atoms with Crippen molar-refractivity contribution in [3.05, 3.63) is 0 Å². The molecule has 1 fully saturated rings. The van der Waals surface area contributed by atoms with Gasteiger partial charge in [0.2, 0.25) is 0 Å². The van der Waals surface area contributed by atoms with E-state index in [1.54, 1.807) is 0 Å². The monoisotopic (exact) mass is 265 g/mol. The van der Waals surface area contributed by atoms with Gasteiger partial charge in [0.25, 0.3) is 0 Å². The third-order valence-electron chi connectivity index (χ3n) is 3.24. The molecule has 0 saturated carbocycles. The Morgan fingerprint density at radius 1 is 1.17 bits per heavy atom. The topological polar surface area (TPSA) is 110 Å². The van der Waals surface area contributed by atoms with Gasteiger partial charge in [-0.3, -0.25) is 0 Å². The maximum absolute atomic E-state index is 10.3. The first kappa shape index (κ1) is 14.2. The molecule has 1 saturated heterocycles. The summed E-state index contributed by atoms with van der Waals surface area (Å²) >= 11 is 0. The zero-order chi connectivity index (χ0) is 14.6. The summed E-state index contributed by atoms with van der Waals surface area (Å²) in [6.07, 6.45) is -4.50. The highest BCUT2D eigenvalue weighted by Crippen LogP contribution is 2.32. The van der Waals surface area contributed by atoms with Crippen LogP contribution in [0.4, 0.5) is 0 Å². The largest absolute Gasteiger partial charge is 0.394 e. The number of aliphatic hydroxyl groups is 5. The highest BCUT2D eigenvalue weighted by Gasteiger charge is 2.51. The number of unbranched alkanes of at least 4 members (excludes halogenated alkanes) is 2. The van der Waals surface area contributed by atoms with E-state index in [9.17, 15) is 20.4 Å². The minimum atomic E-state index is -2.28. The Balaban J connectivity index is 2.76. The minimum Gasteiger partial charge on any atom is -0.394 e. The van der Waals surface area contributed by atoms with Gasteiger partial charge in [0.05, 0.1) is 6.61 Å². The Labute approximate surface area is 108 Å². The molecular formula is C12H24O6. The molecule has 6 nitrogen and oxygen atoms in total. The molecule has 5 N–H and O–H groups in total. The molecule has 0 radical (unpaired) electrons. The minimum absolute atomic E-state index is 0.294. The van der Waals surface area contributed by atoms with Gasteiger partial charge in [-0.1, -0.05) is 26.2 Å². The van der Waals surface area contributed by atoms with Crippen LogP contribution in [0.15, 0.2) is 0 Å². The second kappa shape index (κ2) is 6.79. The Bertz CT molecular complexity index is 277. The summed E-state index contributed by atoms with van der Waals surface area (Å²) in [7, 11) is 0. The van der Waals surface area contributed by atoms with Gasteiger partial charge < -0.3 is 30.3 Å². The summed E-state index contributed by atoms with van der Waals surface area (Å²) in [4.78, 5) is 0. The molecule has 108 valence electrons. The van der Waals surface area contributed by atoms with Crippen LogP contribution in [0.1, 0.15) is 40.4 Å². The van der Waals surface area contributed by atoms with E-state index in [1.165, 1.54) is 0 Å². The standard InChI is InChI=1S/C12H24O6/c1-2-3-4-5-6-12(17)11(16)10(15)9(14)8(7-13)18-12/h8-11,13-17H,2-7H2,1H3/t8-,9+,10+,11-,12?/m1/s1/i6D/t6?,8-,9+,10+,11-,12?. The van der Waals surface area contributed by atoms with Crippen molar-refractivity contribution in [1.29, 1.82) is 0 Å². The number of hydrogen-bond acceptors (Lipinski definition) is 6. The van der Waals surface area contributed by atoms with Crippen molar-refractivity contribution in [2.24, 2.45) is 0 Å². The molecule has 0 spiro atoms. The van der Waals surface area contributed by atoms with E-state index in [0.29, 0.717) is 12.8 Å². The van der Waals surface area contributed by atoms with E-state index in [-0.39, 0.29) is 0 Å². The van der Waals surface area contributed by atoms with Crippen molar-refractivity contribution in [3.8, 4) is 0 Å². The second-order valence-corrected chi connectivity index (χ2v) is 4.72. The van der Waals surface area contributed by atoms with Gasteiger partial charge in [-0.2, -0.15) is 0 Å². The Morgan fingerprint density at radius 3 is 2.39 bits per heavy atom. The fourth-order valence-corrected chi connectivity index (χ4v) is 2.05. The van der Waals surface area contributed by atoms with Crippen LogP contribution < -0.4 is 0 Å². The average molecular weight is 265 g/mol. The van der Waals surface area contributed by atoms with Gasteiger partial charge in [-0.05, 0) is 6.42 Å². The van der Waals surface area contributed by atoms with Crippen LogP contribution in [0.3, 0.4) is 0 Å². The first-order valence-electron chi connectivity index (χ1n) is 6.93. The quantitative estimate of drug-likeness (QED) is 0.399. The molecule has 1 aliphatic heterocycles. The molecule has 0 aromatic carbocycles. The fraction of sp³-hybridized carbons (Fsp3) is 1.00. The van der Waals surface area contributed by atoms with E-state index in [2.05, 4.69) is 0 Å². The third kappa shape index (κ3) is 3.40. The van der Waals surface area contributed by atoms with Gasteiger partial charge in [-0.25, -0.2) is 0 Å². The lowest BCUT2D eigenvalue weighted by atomic mass is 9.89. The van der Waals surface area contributed by atoms with E-state index in [1.807, 2.05) is 6.92 Å². The van der Waals surface area contributed by atoms with E-state index >= 15 is 0 Å². The van der Waals surface area contributed by atoms with Crippen LogP contribution in [0.5, 0.6) is 0 Å². The Morgan fingerprint density at radius 2 is 1.83 bits per heavy atom. The molecule has 0 amide bonds. The summed E-state index contributed by atoms with van der Waals surface area (Å²) in [5.41, 5.74) is 0. The summed E-state index contributed by atoms with van der Waals surface area (Å²) in [6.45, 7) is 1.39. The normalized spacial score (nSPS) is 43.6. The molecule has 6 heteroatoms. The van der Waals surface area contributed by atoms with Crippen molar-refractivity contribution >= 4 is 0 Å². The molecule has 0 aromatic rings. The summed E-state index contributed by atoms with van der Waals surface area (Å²) < 4.78 is 13.0. The van der Waals surface area contributed by atoms with Gasteiger partial charge >= 0.3 is 0 Å². The van der Waals surface area contributed by atoms with E-state index in [0.717, 1.165) is 12.8 Å². The highest BCUT2D eigenvalue weighted by atomic mass is 16.7. The highest BCUT2D eigenvalue weighted by molar-refractivity contribution is 4.95. The molecular weight excluding hydrogens is 240 g/mol. The zero-order valence-electron chi connectivity index (χ0n) is 11.6. The number of rotatable bonds is 6. The lowest BCUT2D eigenvalue weighted by Crippen LogP contribution is -2.65. The molecule has 2 unspecified atom stereocenters.